The molecule has 134 valence electrons. The smallest absolute Gasteiger partial charge is 0.225 e. The van der Waals surface area contributed by atoms with Gasteiger partial charge >= 0.3 is 0 Å². The third-order valence-corrected chi connectivity index (χ3v) is 4.55. The SMILES string of the molecule is CC(CC(=O)Nc1ccccc1C(C)C)NCC1(O)CCOCC1. The van der Waals surface area contributed by atoms with Gasteiger partial charge in [0.05, 0.1) is 5.60 Å². The fourth-order valence-electron chi connectivity index (χ4n) is 2.96. The van der Waals surface area contributed by atoms with Gasteiger partial charge in [-0.15, -0.1) is 0 Å². The number of carbonyl (C=O) groups excluding carboxylic acids is 1. The van der Waals surface area contributed by atoms with Gasteiger partial charge in [0, 0.05) is 50.8 Å². The van der Waals surface area contributed by atoms with Crippen LogP contribution < -0.4 is 10.6 Å². The molecule has 1 atom stereocenters. The maximum absolute atomic E-state index is 12.3. The molecule has 1 unspecified atom stereocenters. The van der Waals surface area contributed by atoms with Gasteiger partial charge in [0.15, 0.2) is 0 Å². The molecule has 0 bridgehead atoms. The van der Waals surface area contributed by atoms with Crippen molar-refractivity contribution in [2.45, 2.75) is 57.6 Å². The first kappa shape index (κ1) is 18.9. The molecule has 1 saturated heterocycles. The Morgan fingerprint density at radius 2 is 1.92 bits per heavy atom. The van der Waals surface area contributed by atoms with Gasteiger partial charge in [0.2, 0.25) is 5.91 Å². The predicted molar refractivity (Wildman–Crippen MR) is 96.2 cm³/mol. The fourth-order valence-corrected chi connectivity index (χ4v) is 2.96. The molecular weight excluding hydrogens is 304 g/mol. The van der Waals surface area contributed by atoms with Gasteiger partial charge in [0.1, 0.15) is 0 Å². The van der Waals surface area contributed by atoms with Gasteiger partial charge in [-0.25, -0.2) is 0 Å². The molecule has 1 aliphatic heterocycles. The summed E-state index contributed by atoms with van der Waals surface area (Å²) in [7, 11) is 0. The molecule has 1 aromatic carbocycles. The lowest BCUT2D eigenvalue weighted by Gasteiger charge is -2.33. The highest BCUT2D eigenvalue weighted by Crippen LogP contribution is 2.24. The van der Waals surface area contributed by atoms with Crippen molar-refractivity contribution in [3.63, 3.8) is 0 Å². The van der Waals surface area contributed by atoms with Crippen LogP contribution in [0.4, 0.5) is 5.69 Å². The monoisotopic (exact) mass is 334 g/mol. The number of hydrogen-bond acceptors (Lipinski definition) is 4. The number of amides is 1. The average molecular weight is 334 g/mol. The van der Waals surface area contributed by atoms with Gasteiger partial charge < -0.3 is 20.5 Å². The van der Waals surface area contributed by atoms with Crippen LogP contribution in [-0.4, -0.2) is 42.4 Å². The van der Waals surface area contributed by atoms with Crippen LogP contribution in [0.3, 0.4) is 0 Å². The zero-order valence-electron chi connectivity index (χ0n) is 15.0. The van der Waals surface area contributed by atoms with Crippen molar-refractivity contribution < 1.29 is 14.6 Å². The molecule has 1 aromatic rings. The van der Waals surface area contributed by atoms with E-state index in [1.165, 1.54) is 0 Å². The molecule has 3 N–H and O–H groups in total. The van der Waals surface area contributed by atoms with E-state index in [9.17, 15) is 9.90 Å². The highest BCUT2D eigenvalue weighted by Gasteiger charge is 2.29. The number of aliphatic hydroxyl groups is 1. The summed E-state index contributed by atoms with van der Waals surface area (Å²) in [5.74, 6) is 0.349. The molecule has 2 rings (SSSR count). The van der Waals surface area contributed by atoms with Crippen molar-refractivity contribution >= 4 is 11.6 Å². The summed E-state index contributed by atoms with van der Waals surface area (Å²) in [5, 5.41) is 16.7. The molecule has 5 nitrogen and oxygen atoms in total. The molecule has 1 aliphatic rings. The number of hydrogen-bond donors (Lipinski definition) is 3. The molecule has 1 fully saturated rings. The predicted octanol–water partition coefficient (Wildman–Crippen LogP) is 2.66. The van der Waals surface area contributed by atoms with Gasteiger partial charge in [-0.2, -0.15) is 0 Å². The Morgan fingerprint density at radius 3 is 2.58 bits per heavy atom. The largest absolute Gasteiger partial charge is 0.388 e. The van der Waals surface area contributed by atoms with E-state index in [-0.39, 0.29) is 11.9 Å². The molecule has 0 spiro atoms. The van der Waals surface area contributed by atoms with E-state index >= 15 is 0 Å². The minimum atomic E-state index is -0.715. The lowest BCUT2D eigenvalue weighted by atomic mass is 9.94. The summed E-state index contributed by atoms with van der Waals surface area (Å²) in [4.78, 5) is 12.3. The van der Waals surface area contributed by atoms with Crippen LogP contribution >= 0.6 is 0 Å². The average Bonchev–Trinajstić information content (AvgIpc) is 2.54. The molecule has 0 saturated carbocycles. The topological polar surface area (TPSA) is 70.6 Å². The Kier molecular flexibility index (Phi) is 6.78. The number of ether oxygens (including phenoxy) is 1. The number of benzene rings is 1. The Hall–Kier alpha value is -1.43. The van der Waals surface area contributed by atoms with E-state index < -0.39 is 5.60 Å². The highest BCUT2D eigenvalue weighted by atomic mass is 16.5. The first-order valence-electron chi connectivity index (χ1n) is 8.82. The normalized spacial score (nSPS) is 18.4. The summed E-state index contributed by atoms with van der Waals surface area (Å²) in [6, 6.07) is 7.91. The maximum atomic E-state index is 12.3. The standard InChI is InChI=1S/C19H30N2O3/c1-14(2)16-6-4-5-7-17(16)21-18(22)12-15(3)20-13-19(23)8-10-24-11-9-19/h4-7,14-15,20,23H,8-13H2,1-3H3,(H,21,22). The zero-order valence-corrected chi connectivity index (χ0v) is 15.0. The third kappa shape index (κ3) is 5.58. The second-order valence-electron chi connectivity index (χ2n) is 7.11. The van der Waals surface area contributed by atoms with E-state index in [0.29, 0.717) is 44.9 Å². The Morgan fingerprint density at radius 1 is 1.25 bits per heavy atom. The molecule has 0 aliphatic carbocycles. The molecule has 0 aromatic heterocycles. The fraction of sp³-hybridized carbons (Fsp3) is 0.632. The van der Waals surface area contributed by atoms with E-state index in [1.807, 2.05) is 31.2 Å². The van der Waals surface area contributed by atoms with Crippen LogP contribution in [0.15, 0.2) is 24.3 Å². The van der Waals surface area contributed by atoms with Crippen molar-refractivity contribution in [2.24, 2.45) is 0 Å². The summed E-state index contributed by atoms with van der Waals surface area (Å²) < 4.78 is 5.28. The molecule has 1 heterocycles. The number of nitrogens with one attached hydrogen (secondary N) is 2. The minimum absolute atomic E-state index is 0.00285. The van der Waals surface area contributed by atoms with Gasteiger partial charge in [-0.1, -0.05) is 32.0 Å². The summed E-state index contributed by atoms with van der Waals surface area (Å²) in [6.07, 6.45) is 1.65. The first-order valence-corrected chi connectivity index (χ1v) is 8.82. The quantitative estimate of drug-likeness (QED) is 0.717. The van der Waals surface area contributed by atoms with E-state index in [4.69, 9.17) is 4.74 Å². The van der Waals surface area contributed by atoms with Crippen LogP contribution in [0.25, 0.3) is 0 Å². The van der Waals surface area contributed by atoms with Crippen molar-refractivity contribution in [3.05, 3.63) is 29.8 Å². The zero-order chi connectivity index (χ0) is 17.6. The first-order chi connectivity index (χ1) is 11.4. The number of anilines is 1. The Labute approximate surface area is 144 Å². The number of rotatable bonds is 7. The van der Waals surface area contributed by atoms with Gasteiger partial charge in [-0.05, 0) is 24.5 Å². The van der Waals surface area contributed by atoms with E-state index in [0.717, 1.165) is 11.3 Å². The van der Waals surface area contributed by atoms with Crippen LogP contribution in [0.1, 0.15) is 51.5 Å². The number of carbonyl (C=O) groups is 1. The lowest BCUT2D eigenvalue weighted by molar-refractivity contribution is -0.116. The van der Waals surface area contributed by atoms with Crippen LogP contribution in [0.2, 0.25) is 0 Å². The van der Waals surface area contributed by atoms with Gasteiger partial charge in [-0.3, -0.25) is 4.79 Å². The Bertz CT molecular complexity index is 539. The lowest BCUT2D eigenvalue weighted by Crippen LogP contribution is -2.47. The molecular formula is C19H30N2O3. The van der Waals surface area contributed by atoms with E-state index in [2.05, 4.69) is 24.5 Å². The third-order valence-electron chi connectivity index (χ3n) is 4.55. The summed E-state index contributed by atoms with van der Waals surface area (Å²) in [6.45, 7) is 7.88. The van der Waals surface area contributed by atoms with Crippen LogP contribution in [0.5, 0.6) is 0 Å². The minimum Gasteiger partial charge on any atom is -0.388 e. The molecule has 1 amide bonds. The van der Waals surface area contributed by atoms with E-state index in [1.54, 1.807) is 0 Å². The van der Waals surface area contributed by atoms with Gasteiger partial charge in [0.25, 0.3) is 0 Å². The molecule has 5 heteroatoms. The summed E-state index contributed by atoms with van der Waals surface area (Å²) >= 11 is 0. The highest BCUT2D eigenvalue weighted by molar-refractivity contribution is 5.91. The van der Waals surface area contributed by atoms with Crippen molar-refractivity contribution in [1.82, 2.24) is 5.32 Å². The van der Waals surface area contributed by atoms with Crippen molar-refractivity contribution in [1.29, 1.82) is 0 Å². The molecule has 0 radical (unpaired) electrons. The molecule has 24 heavy (non-hydrogen) atoms. The number of para-hydroxylation sites is 1. The second-order valence-corrected chi connectivity index (χ2v) is 7.11. The maximum Gasteiger partial charge on any atom is 0.225 e. The Balaban J connectivity index is 1.81. The second kappa shape index (κ2) is 8.60. The van der Waals surface area contributed by atoms with Crippen molar-refractivity contribution in [3.8, 4) is 0 Å². The summed E-state index contributed by atoms with van der Waals surface area (Å²) in [5.41, 5.74) is 1.31. The van der Waals surface area contributed by atoms with Crippen LogP contribution in [0, 0.1) is 0 Å². The van der Waals surface area contributed by atoms with Crippen LogP contribution in [-0.2, 0) is 9.53 Å². The van der Waals surface area contributed by atoms with Crippen molar-refractivity contribution in [2.75, 3.05) is 25.1 Å².